The third kappa shape index (κ3) is 4.77. The van der Waals surface area contributed by atoms with Gasteiger partial charge in [0.15, 0.2) is 0 Å². The topological polar surface area (TPSA) is 103 Å². The predicted octanol–water partition coefficient (Wildman–Crippen LogP) is 2.51. The molecule has 2 aromatic rings. The van der Waals surface area contributed by atoms with E-state index in [-0.39, 0.29) is 12.5 Å². The summed E-state index contributed by atoms with van der Waals surface area (Å²) in [7, 11) is 3.00. The van der Waals surface area contributed by atoms with Crippen molar-refractivity contribution in [2.75, 3.05) is 31.4 Å². The molecule has 0 saturated carbocycles. The van der Waals surface area contributed by atoms with E-state index in [1.165, 1.54) is 14.2 Å². The largest absolute Gasteiger partial charge is 0.495 e. The number of carbonyl (C=O) groups is 2. The summed E-state index contributed by atoms with van der Waals surface area (Å²) in [5.41, 5.74) is 6.67. The first-order chi connectivity index (χ1) is 11.9. The number of nitrogens with one attached hydrogen (secondary N) is 2. The van der Waals surface area contributed by atoms with Crippen LogP contribution < -0.4 is 25.8 Å². The van der Waals surface area contributed by atoms with Crippen molar-refractivity contribution >= 4 is 34.8 Å². The summed E-state index contributed by atoms with van der Waals surface area (Å²) >= 11 is 6.04. The molecular formula is C17H18ClN3O4. The van der Waals surface area contributed by atoms with Gasteiger partial charge in [0.05, 0.1) is 31.5 Å². The quantitative estimate of drug-likeness (QED) is 0.701. The second-order valence-electron chi connectivity index (χ2n) is 5.03. The van der Waals surface area contributed by atoms with Crippen molar-refractivity contribution in [3.63, 3.8) is 0 Å². The highest BCUT2D eigenvalue weighted by atomic mass is 35.5. The third-order valence-corrected chi connectivity index (χ3v) is 3.66. The average Bonchev–Trinajstić information content (AvgIpc) is 2.60. The minimum Gasteiger partial charge on any atom is -0.495 e. The monoisotopic (exact) mass is 363 g/mol. The fourth-order valence-electron chi connectivity index (χ4n) is 2.10. The van der Waals surface area contributed by atoms with Crippen LogP contribution >= 0.6 is 11.6 Å². The summed E-state index contributed by atoms with van der Waals surface area (Å²) in [4.78, 5) is 23.1. The lowest BCUT2D eigenvalue weighted by atomic mass is 10.2. The van der Waals surface area contributed by atoms with E-state index in [2.05, 4.69) is 10.6 Å². The molecule has 0 bridgehead atoms. The molecular weight excluding hydrogens is 346 g/mol. The predicted molar refractivity (Wildman–Crippen MR) is 96.6 cm³/mol. The van der Waals surface area contributed by atoms with Crippen LogP contribution in [0, 0.1) is 0 Å². The highest BCUT2D eigenvalue weighted by Gasteiger charge is 2.11. The summed E-state index contributed by atoms with van der Waals surface area (Å²) in [6, 6.07) is 9.53. The van der Waals surface area contributed by atoms with E-state index in [0.717, 1.165) is 0 Å². The first-order valence-electron chi connectivity index (χ1n) is 7.29. The van der Waals surface area contributed by atoms with Crippen molar-refractivity contribution in [1.29, 1.82) is 0 Å². The van der Waals surface area contributed by atoms with Gasteiger partial charge in [0.2, 0.25) is 11.8 Å². The summed E-state index contributed by atoms with van der Waals surface area (Å²) in [5, 5.41) is 6.08. The van der Waals surface area contributed by atoms with Crippen molar-refractivity contribution in [3.8, 4) is 11.5 Å². The van der Waals surface area contributed by atoms with Gasteiger partial charge in [0.1, 0.15) is 11.5 Å². The number of nitrogens with two attached hydrogens (primary N) is 1. The van der Waals surface area contributed by atoms with E-state index in [1.54, 1.807) is 36.4 Å². The number of ether oxygens (including phenoxy) is 2. The Balaban J connectivity index is 2.01. The second-order valence-corrected chi connectivity index (χ2v) is 5.44. The van der Waals surface area contributed by atoms with Gasteiger partial charge in [0.25, 0.3) is 0 Å². The van der Waals surface area contributed by atoms with E-state index in [9.17, 15) is 9.59 Å². The smallest absolute Gasteiger partial charge is 0.248 e. The zero-order valence-electron chi connectivity index (χ0n) is 13.8. The van der Waals surface area contributed by atoms with Gasteiger partial charge in [0, 0.05) is 23.4 Å². The molecule has 0 aliphatic rings. The summed E-state index contributed by atoms with van der Waals surface area (Å²) < 4.78 is 10.4. The molecule has 0 atom stereocenters. The number of hydrogen-bond acceptors (Lipinski definition) is 5. The minimum absolute atomic E-state index is 0.00127. The Morgan fingerprint density at radius 2 is 1.72 bits per heavy atom. The Labute approximate surface area is 150 Å². The lowest BCUT2D eigenvalue weighted by molar-refractivity contribution is -0.114. The summed E-state index contributed by atoms with van der Waals surface area (Å²) in [6.07, 6.45) is 0. The normalized spacial score (nSPS) is 10.0. The molecule has 0 saturated heterocycles. The van der Waals surface area contributed by atoms with Crippen LogP contribution in [0.2, 0.25) is 5.02 Å². The van der Waals surface area contributed by atoms with Crippen LogP contribution in [0.4, 0.5) is 11.4 Å². The number of primary amides is 1. The van der Waals surface area contributed by atoms with E-state index >= 15 is 0 Å². The molecule has 2 amide bonds. The van der Waals surface area contributed by atoms with Gasteiger partial charge in [-0.15, -0.1) is 0 Å². The molecule has 0 heterocycles. The van der Waals surface area contributed by atoms with Gasteiger partial charge in [-0.3, -0.25) is 9.59 Å². The first kappa shape index (κ1) is 18.4. The van der Waals surface area contributed by atoms with Crippen LogP contribution in [-0.4, -0.2) is 32.6 Å². The van der Waals surface area contributed by atoms with Crippen molar-refractivity contribution in [3.05, 3.63) is 47.0 Å². The molecule has 4 N–H and O–H groups in total. The molecule has 0 unspecified atom stereocenters. The molecule has 0 spiro atoms. The fraction of sp³-hybridized carbons (Fsp3) is 0.176. The number of methoxy groups -OCH3 is 2. The van der Waals surface area contributed by atoms with E-state index < -0.39 is 5.91 Å². The number of benzene rings is 2. The first-order valence-corrected chi connectivity index (χ1v) is 7.67. The molecule has 132 valence electrons. The Kier molecular flexibility index (Phi) is 6.08. The van der Waals surface area contributed by atoms with Crippen LogP contribution in [0.15, 0.2) is 36.4 Å². The number of carbonyl (C=O) groups excluding carboxylic acids is 2. The number of rotatable bonds is 7. The highest BCUT2D eigenvalue weighted by Crippen LogP contribution is 2.35. The van der Waals surface area contributed by atoms with Gasteiger partial charge in [-0.05, 0) is 24.3 Å². The van der Waals surface area contributed by atoms with Gasteiger partial charge in [-0.25, -0.2) is 0 Å². The Morgan fingerprint density at radius 1 is 1.08 bits per heavy atom. The van der Waals surface area contributed by atoms with Crippen molar-refractivity contribution in [1.82, 2.24) is 0 Å². The molecule has 0 fully saturated rings. The molecule has 0 radical (unpaired) electrons. The van der Waals surface area contributed by atoms with Gasteiger partial charge in [-0.2, -0.15) is 0 Å². The van der Waals surface area contributed by atoms with Crippen molar-refractivity contribution in [2.24, 2.45) is 5.73 Å². The molecule has 0 aromatic heterocycles. The number of halogens is 1. The molecule has 8 heteroatoms. The molecule has 2 aromatic carbocycles. The van der Waals surface area contributed by atoms with E-state index in [0.29, 0.717) is 33.5 Å². The maximum absolute atomic E-state index is 12.1. The van der Waals surface area contributed by atoms with Gasteiger partial charge >= 0.3 is 0 Å². The van der Waals surface area contributed by atoms with Crippen molar-refractivity contribution < 1.29 is 19.1 Å². The summed E-state index contributed by atoms with van der Waals surface area (Å²) in [5.74, 6) is 0.156. The third-order valence-electron chi connectivity index (χ3n) is 3.37. The van der Waals surface area contributed by atoms with Crippen LogP contribution in [0.1, 0.15) is 10.4 Å². The number of amides is 2. The zero-order chi connectivity index (χ0) is 18.4. The Hall–Kier alpha value is -2.93. The average molecular weight is 364 g/mol. The van der Waals surface area contributed by atoms with Gasteiger partial charge in [-0.1, -0.05) is 11.6 Å². The maximum Gasteiger partial charge on any atom is 0.248 e. The standard InChI is InChI=1S/C17H18ClN3O4/c1-24-14-8-13(15(25-2)7-12(14)18)20-9-16(22)21-11-5-3-10(4-6-11)17(19)23/h3-8,20H,9H2,1-2H3,(H2,19,23)(H,21,22). The lowest BCUT2D eigenvalue weighted by Crippen LogP contribution is -2.22. The molecule has 7 nitrogen and oxygen atoms in total. The van der Waals surface area contributed by atoms with Crippen LogP contribution in [0.5, 0.6) is 11.5 Å². The Morgan fingerprint density at radius 3 is 2.28 bits per heavy atom. The van der Waals surface area contributed by atoms with Crippen LogP contribution in [-0.2, 0) is 4.79 Å². The SMILES string of the molecule is COc1cc(NCC(=O)Nc2ccc(C(N)=O)cc2)c(OC)cc1Cl. The maximum atomic E-state index is 12.1. The molecule has 0 aliphatic carbocycles. The highest BCUT2D eigenvalue weighted by molar-refractivity contribution is 6.32. The van der Waals surface area contributed by atoms with Crippen LogP contribution in [0.3, 0.4) is 0 Å². The lowest BCUT2D eigenvalue weighted by Gasteiger charge is -2.14. The second kappa shape index (κ2) is 8.25. The number of anilines is 2. The van der Waals surface area contributed by atoms with Crippen molar-refractivity contribution in [2.45, 2.75) is 0 Å². The van der Waals surface area contributed by atoms with E-state index in [1.807, 2.05) is 0 Å². The zero-order valence-corrected chi connectivity index (χ0v) is 14.5. The number of hydrogen-bond donors (Lipinski definition) is 3. The minimum atomic E-state index is -0.525. The molecule has 25 heavy (non-hydrogen) atoms. The summed E-state index contributed by atoms with van der Waals surface area (Å²) in [6.45, 7) is -0.00127. The fourth-order valence-corrected chi connectivity index (χ4v) is 2.33. The van der Waals surface area contributed by atoms with E-state index in [4.69, 9.17) is 26.8 Å². The molecule has 2 rings (SSSR count). The van der Waals surface area contributed by atoms with Crippen LogP contribution in [0.25, 0.3) is 0 Å². The molecule has 0 aliphatic heterocycles. The Bertz CT molecular complexity index is 778. The van der Waals surface area contributed by atoms with Gasteiger partial charge < -0.3 is 25.8 Å².